The first-order valence-corrected chi connectivity index (χ1v) is 5.85. The number of hydrogen-bond acceptors (Lipinski definition) is 3. The second kappa shape index (κ2) is 3.46. The lowest BCUT2D eigenvalue weighted by Gasteiger charge is -2.43. The fourth-order valence-corrected chi connectivity index (χ4v) is 3.10. The Morgan fingerprint density at radius 1 is 1.27 bits per heavy atom. The van der Waals surface area contributed by atoms with E-state index in [0.29, 0.717) is 18.4 Å². The number of rotatable bonds is 0. The number of piperidine rings is 1. The zero-order chi connectivity index (χ0) is 10.3. The number of amides is 1. The average Bonchev–Trinajstić information content (AvgIpc) is 2.67. The molecule has 0 aromatic rings. The molecule has 2 saturated heterocycles. The van der Waals surface area contributed by atoms with E-state index in [1.54, 1.807) is 0 Å². The number of ether oxygens (including phenoxy) is 2. The van der Waals surface area contributed by atoms with Gasteiger partial charge in [-0.05, 0) is 18.8 Å². The van der Waals surface area contributed by atoms with E-state index < -0.39 is 0 Å². The summed E-state index contributed by atoms with van der Waals surface area (Å²) in [5.41, 5.74) is 0. The average molecular weight is 211 g/mol. The molecule has 1 saturated carbocycles. The number of nitrogens with one attached hydrogen (secondary N) is 1. The van der Waals surface area contributed by atoms with Crippen LogP contribution in [0.4, 0.5) is 0 Å². The monoisotopic (exact) mass is 211 g/mol. The molecule has 0 bridgehead atoms. The van der Waals surface area contributed by atoms with Crippen LogP contribution >= 0.6 is 0 Å². The number of carbonyl (C=O) groups excluding carboxylic acids is 1. The van der Waals surface area contributed by atoms with Gasteiger partial charge in [-0.2, -0.15) is 0 Å². The number of carbonyl (C=O) groups is 1. The van der Waals surface area contributed by atoms with Crippen molar-refractivity contribution in [1.29, 1.82) is 0 Å². The van der Waals surface area contributed by atoms with Gasteiger partial charge in [-0.25, -0.2) is 0 Å². The first kappa shape index (κ1) is 9.60. The summed E-state index contributed by atoms with van der Waals surface area (Å²) in [6.07, 6.45) is 4.53. The Hall–Kier alpha value is -0.610. The molecule has 4 nitrogen and oxygen atoms in total. The standard InChI is InChI=1S/C11H17NO3/c13-10-2-1-8-7-11(14-5-6-15-11)4-3-9(8)12-10/h8-9H,1-7H2,(H,12,13)/t8-,9+/m0/s1. The summed E-state index contributed by atoms with van der Waals surface area (Å²) in [5, 5.41) is 3.07. The zero-order valence-corrected chi connectivity index (χ0v) is 8.83. The van der Waals surface area contributed by atoms with Crippen LogP contribution in [-0.2, 0) is 14.3 Å². The van der Waals surface area contributed by atoms with Crippen molar-refractivity contribution in [2.45, 2.75) is 43.9 Å². The summed E-state index contributed by atoms with van der Waals surface area (Å²) in [6, 6.07) is 0.365. The lowest BCUT2D eigenvalue weighted by molar-refractivity contribution is -0.193. The predicted octanol–water partition coefficient (Wildman–Crippen LogP) is 0.808. The van der Waals surface area contributed by atoms with Gasteiger partial charge < -0.3 is 14.8 Å². The number of fused-ring (bicyclic) bond motifs is 1. The van der Waals surface area contributed by atoms with Crippen molar-refractivity contribution < 1.29 is 14.3 Å². The highest BCUT2D eigenvalue weighted by Crippen LogP contribution is 2.41. The Morgan fingerprint density at radius 3 is 2.87 bits per heavy atom. The lowest BCUT2D eigenvalue weighted by atomic mass is 9.76. The molecule has 2 aliphatic heterocycles. The minimum atomic E-state index is -0.302. The molecule has 3 rings (SSSR count). The fraction of sp³-hybridized carbons (Fsp3) is 0.909. The van der Waals surface area contributed by atoms with Gasteiger partial charge in [0.2, 0.25) is 5.91 Å². The first-order valence-electron chi connectivity index (χ1n) is 5.85. The quantitative estimate of drug-likeness (QED) is 0.645. The molecule has 2 atom stereocenters. The van der Waals surface area contributed by atoms with Crippen molar-refractivity contribution in [2.75, 3.05) is 13.2 Å². The SMILES string of the molecule is O=C1CC[C@H]2CC3(CC[C@H]2N1)OCCO3. The van der Waals surface area contributed by atoms with Crippen molar-refractivity contribution in [2.24, 2.45) is 5.92 Å². The van der Waals surface area contributed by atoms with Crippen LogP contribution in [0.2, 0.25) is 0 Å². The highest BCUT2D eigenvalue weighted by atomic mass is 16.7. The van der Waals surface area contributed by atoms with Crippen LogP contribution in [-0.4, -0.2) is 30.9 Å². The second-order valence-electron chi connectivity index (χ2n) is 4.82. The van der Waals surface area contributed by atoms with Gasteiger partial charge >= 0.3 is 0 Å². The van der Waals surface area contributed by atoms with Gasteiger partial charge in [0.15, 0.2) is 5.79 Å². The van der Waals surface area contributed by atoms with Gasteiger partial charge in [-0.15, -0.1) is 0 Å². The van der Waals surface area contributed by atoms with E-state index in [9.17, 15) is 4.79 Å². The zero-order valence-electron chi connectivity index (χ0n) is 8.83. The third kappa shape index (κ3) is 1.66. The van der Waals surface area contributed by atoms with E-state index in [0.717, 1.165) is 38.9 Å². The van der Waals surface area contributed by atoms with Crippen LogP contribution in [0.25, 0.3) is 0 Å². The minimum Gasteiger partial charge on any atom is -0.353 e. The molecule has 4 heteroatoms. The van der Waals surface area contributed by atoms with Crippen molar-refractivity contribution in [3.63, 3.8) is 0 Å². The third-order valence-corrected chi connectivity index (χ3v) is 3.88. The Morgan fingerprint density at radius 2 is 2.07 bits per heavy atom. The first-order chi connectivity index (χ1) is 7.27. The van der Waals surface area contributed by atoms with Crippen LogP contribution in [0.1, 0.15) is 32.1 Å². The minimum absolute atomic E-state index is 0.209. The van der Waals surface area contributed by atoms with Gasteiger partial charge in [0.05, 0.1) is 13.2 Å². The van der Waals surface area contributed by atoms with E-state index in [2.05, 4.69) is 5.32 Å². The molecule has 1 spiro atoms. The maximum Gasteiger partial charge on any atom is 0.220 e. The normalized spacial score (nSPS) is 38.8. The Kier molecular flexibility index (Phi) is 2.21. The highest BCUT2D eigenvalue weighted by Gasteiger charge is 2.46. The van der Waals surface area contributed by atoms with Crippen LogP contribution < -0.4 is 5.32 Å². The lowest BCUT2D eigenvalue weighted by Crippen LogP contribution is -2.52. The van der Waals surface area contributed by atoms with Crippen molar-refractivity contribution in [3.8, 4) is 0 Å². The molecular weight excluding hydrogens is 194 g/mol. The molecule has 84 valence electrons. The largest absolute Gasteiger partial charge is 0.353 e. The maximum absolute atomic E-state index is 11.3. The van der Waals surface area contributed by atoms with E-state index in [1.165, 1.54) is 0 Å². The summed E-state index contributed by atoms with van der Waals surface area (Å²) in [6.45, 7) is 1.45. The molecule has 3 aliphatic rings. The van der Waals surface area contributed by atoms with Gasteiger partial charge in [-0.3, -0.25) is 4.79 Å². The van der Waals surface area contributed by atoms with Crippen LogP contribution in [0.3, 0.4) is 0 Å². The summed E-state index contributed by atoms with van der Waals surface area (Å²) in [7, 11) is 0. The van der Waals surface area contributed by atoms with Gasteiger partial charge in [0, 0.05) is 25.3 Å². The van der Waals surface area contributed by atoms with Crippen LogP contribution in [0, 0.1) is 5.92 Å². The van der Waals surface area contributed by atoms with Gasteiger partial charge in [0.1, 0.15) is 0 Å². The van der Waals surface area contributed by atoms with Crippen molar-refractivity contribution >= 4 is 5.91 Å². The summed E-state index contributed by atoms with van der Waals surface area (Å²) >= 11 is 0. The smallest absolute Gasteiger partial charge is 0.220 e. The van der Waals surface area contributed by atoms with E-state index in [1.807, 2.05) is 0 Å². The molecule has 2 heterocycles. The van der Waals surface area contributed by atoms with E-state index >= 15 is 0 Å². The highest BCUT2D eigenvalue weighted by molar-refractivity contribution is 5.77. The molecule has 0 aromatic carbocycles. The van der Waals surface area contributed by atoms with E-state index in [4.69, 9.17) is 9.47 Å². The molecule has 0 radical (unpaired) electrons. The van der Waals surface area contributed by atoms with Crippen molar-refractivity contribution in [3.05, 3.63) is 0 Å². The summed E-state index contributed by atoms with van der Waals surface area (Å²) < 4.78 is 11.4. The van der Waals surface area contributed by atoms with Crippen LogP contribution in [0.5, 0.6) is 0 Å². The maximum atomic E-state index is 11.3. The Balaban J connectivity index is 1.70. The molecule has 3 fully saturated rings. The van der Waals surface area contributed by atoms with Crippen LogP contribution in [0.15, 0.2) is 0 Å². The summed E-state index contributed by atoms with van der Waals surface area (Å²) in [4.78, 5) is 11.3. The molecule has 1 amide bonds. The topological polar surface area (TPSA) is 47.6 Å². The molecule has 0 aromatic heterocycles. The second-order valence-corrected chi connectivity index (χ2v) is 4.82. The Labute approximate surface area is 89.3 Å². The van der Waals surface area contributed by atoms with E-state index in [-0.39, 0.29) is 11.7 Å². The third-order valence-electron chi connectivity index (χ3n) is 3.88. The van der Waals surface area contributed by atoms with Gasteiger partial charge in [-0.1, -0.05) is 0 Å². The Bertz CT molecular complexity index is 273. The number of hydrogen-bond donors (Lipinski definition) is 1. The molecule has 15 heavy (non-hydrogen) atoms. The fourth-order valence-electron chi connectivity index (χ4n) is 3.10. The molecule has 0 unspecified atom stereocenters. The molecular formula is C11H17NO3. The predicted molar refractivity (Wildman–Crippen MR) is 53.1 cm³/mol. The summed E-state index contributed by atoms with van der Waals surface area (Å²) in [5.74, 6) is 0.457. The molecule has 1 aliphatic carbocycles. The van der Waals surface area contributed by atoms with Gasteiger partial charge in [0.25, 0.3) is 0 Å². The van der Waals surface area contributed by atoms with Crippen molar-refractivity contribution in [1.82, 2.24) is 5.32 Å². The molecule has 1 N–H and O–H groups in total.